The molecular formula is C11H12BrN7. The lowest BCUT2D eigenvalue weighted by Crippen LogP contribution is -2.03. The normalized spacial score (nSPS) is 11.3. The van der Waals surface area contributed by atoms with Gasteiger partial charge in [0.15, 0.2) is 21.7 Å². The fourth-order valence-corrected chi connectivity index (χ4v) is 2.46. The predicted molar refractivity (Wildman–Crippen MR) is 74.5 cm³/mol. The van der Waals surface area contributed by atoms with Gasteiger partial charge in [0.1, 0.15) is 5.82 Å². The highest BCUT2D eigenvalue weighted by atomic mass is 79.9. The topological polar surface area (TPSA) is 87.4 Å². The van der Waals surface area contributed by atoms with Crippen LogP contribution in [0.25, 0.3) is 11.2 Å². The standard InChI is InChI=1S/C11H12BrN7/c1-6-15-9(13)8-10(16-6)19(11(12)17-8)5-7-3-14-18(2)4-7/h3-4H,5H2,1-2H3,(H2,13,15,16). The van der Waals surface area contributed by atoms with E-state index in [1.807, 2.05) is 30.9 Å². The van der Waals surface area contributed by atoms with Gasteiger partial charge in [-0.15, -0.1) is 0 Å². The van der Waals surface area contributed by atoms with Crippen molar-refractivity contribution in [2.45, 2.75) is 13.5 Å². The van der Waals surface area contributed by atoms with E-state index in [-0.39, 0.29) is 0 Å². The number of nitrogens with zero attached hydrogens (tertiary/aromatic N) is 6. The monoisotopic (exact) mass is 321 g/mol. The van der Waals surface area contributed by atoms with Crippen molar-refractivity contribution in [3.8, 4) is 0 Å². The number of halogens is 1. The maximum absolute atomic E-state index is 5.87. The van der Waals surface area contributed by atoms with E-state index in [2.05, 4.69) is 36.0 Å². The van der Waals surface area contributed by atoms with Crippen molar-refractivity contribution in [2.24, 2.45) is 7.05 Å². The molecule has 0 saturated heterocycles. The first-order chi connectivity index (χ1) is 9.04. The van der Waals surface area contributed by atoms with Crippen LogP contribution in [0.15, 0.2) is 17.1 Å². The Bertz CT molecular complexity index is 758. The Morgan fingerprint density at radius 3 is 2.79 bits per heavy atom. The quantitative estimate of drug-likeness (QED) is 0.718. The highest BCUT2D eigenvalue weighted by molar-refractivity contribution is 9.10. The first kappa shape index (κ1) is 12.1. The number of aromatic nitrogens is 6. The van der Waals surface area contributed by atoms with Crippen LogP contribution in [-0.4, -0.2) is 29.3 Å². The minimum absolute atomic E-state index is 0.396. The smallest absolute Gasteiger partial charge is 0.179 e. The number of imidazole rings is 1. The molecule has 8 heteroatoms. The Kier molecular flexibility index (Phi) is 2.74. The maximum Gasteiger partial charge on any atom is 0.179 e. The van der Waals surface area contributed by atoms with E-state index in [9.17, 15) is 0 Å². The molecule has 19 heavy (non-hydrogen) atoms. The van der Waals surface area contributed by atoms with Gasteiger partial charge >= 0.3 is 0 Å². The minimum atomic E-state index is 0.396. The summed E-state index contributed by atoms with van der Waals surface area (Å²) in [4.78, 5) is 12.9. The highest BCUT2D eigenvalue weighted by Gasteiger charge is 2.14. The Balaban J connectivity index is 2.15. The second-order valence-electron chi connectivity index (χ2n) is 4.32. The van der Waals surface area contributed by atoms with Crippen molar-refractivity contribution in [1.82, 2.24) is 29.3 Å². The van der Waals surface area contributed by atoms with Crippen LogP contribution in [-0.2, 0) is 13.6 Å². The third-order valence-electron chi connectivity index (χ3n) is 2.79. The van der Waals surface area contributed by atoms with E-state index in [1.165, 1.54) is 0 Å². The molecule has 0 bridgehead atoms. The SMILES string of the molecule is Cc1nc(N)c2nc(Br)n(Cc3cnn(C)c3)c2n1. The van der Waals surface area contributed by atoms with Crippen LogP contribution >= 0.6 is 15.9 Å². The summed E-state index contributed by atoms with van der Waals surface area (Å²) < 4.78 is 4.38. The van der Waals surface area contributed by atoms with E-state index < -0.39 is 0 Å². The second-order valence-corrected chi connectivity index (χ2v) is 5.03. The molecule has 0 unspecified atom stereocenters. The molecule has 0 saturated carbocycles. The summed E-state index contributed by atoms with van der Waals surface area (Å²) >= 11 is 3.43. The number of hydrogen-bond acceptors (Lipinski definition) is 5. The van der Waals surface area contributed by atoms with Gasteiger partial charge in [-0.05, 0) is 22.9 Å². The second kappa shape index (κ2) is 4.30. The fraction of sp³-hybridized carbons (Fsp3) is 0.273. The average molecular weight is 322 g/mol. The zero-order chi connectivity index (χ0) is 13.6. The first-order valence-electron chi connectivity index (χ1n) is 5.68. The summed E-state index contributed by atoms with van der Waals surface area (Å²) in [6, 6.07) is 0. The number of anilines is 1. The van der Waals surface area contributed by atoms with Crippen LogP contribution in [0.5, 0.6) is 0 Å². The van der Waals surface area contributed by atoms with Gasteiger partial charge in [-0.2, -0.15) is 5.10 Å². The lowest BCUT2D eigenvalue weighted by atomic mass is 10.3. The molecule has 3 heterocycles. The molecule has 0 aromatic carbocycles. The van der Waals surface area contributed by atoms with Crippen LogP contribution < -0.4 is 5.73 Å². The zero-order valence-electron chi connectivity index (χ0n) is 10.5. The van der Waals surface area contributed by atoms with Gasteiger partial charge in [0.25, 0.3) is 0 Å². The third-order valence-corrected chi connectivity index (χ3v) is 3.39. The number of hydrogen-bond donors (Lipinski definition) is 1. The van der Waals surface area contributed by atoms with Gasteiger partial charge in [-0.1, -0.05) is 0 Å². The Hall–Kier alpha value is -1.96. The molecular weight excluding hydrogens is 310 g/mol. The van der Waals surface area contributed by atoms with Crippen molar-refractivity contribution in [3.05, 3.63) is 28.5 Å². The lowest BCUT2D eigenvalue weighted by Gasteiger charge is -2.03. The highest BCUT2D eigenvalue weighted by Crippen LogP contribution is 2.23. The maximum atomic E-state index is 5.87. The molecule has 3 aromatic rings. The average Bonchev–Trinajstić information content (AvgIpc) is 2.87. The summed E-state index contributed by atoms with van der Waals surface area (Å²) in [7, 11) is 1.88. The minimum Gasteiger partial charge on any atom is -0.382 e. The number of aryl methyl sites for hydroxylation is 2. The van der Waals surface area contributed by atoms with E-state index in [0.29, 0.717) is 28.4 Å². The molecule has 0 spiro atoms. The predicted octanol–water partition coefficient (Wildman–Crippen LogP) is 1.26. The third kappa shape index (κ3) is 2.07. The molecule has 7 nitrogen and oxygen atoms in total. The Morgan fingerprint density at radius 1 is 1.32 bits per heavy atom. The largest absolute Gasteiger partial charge is 0.382 e. The molecule has 98 valence electrons. The molecule has 3 aromatic heterocycles. The number of rotatable bonds is 2. The Morgan fingerprint density at radius 2 is 2.11 bits per heavy atom. The van der Waals surface area contributed by atoms with Gasteiger partial charge in [-0.3, -0.25) is 9.25 Å². The molecule has 0 amide bonds. The van der Waals surface area contributed by atoms with E-state index in [4.69, 9.17) is 5.73 Å². The van der Waals surface area contributed by atoms with E-state index in [1.54, 1.807) is 4.68 Å². The van der Waals surface area contributed by atoms with Crippen LogP contribution in [0.3, 0.4) is 0 Å². The van der Waals surface area contributed by atoms with Crippen LogP contribution in [0, 0.1) is 6.92 Å². The Labute approximate surface area is 117 Å². The summed E-state index contributed by atoms with van der Waals surface area (Å²) in [6.07, 6.45) is 3.77. The molecule has 2 N–H and O–H groups in total. The summed E-state index contributed by atoms with van der Waals surface area (Å²) in [5.74, 6) is 1.03. The number of fused-ring (bicyclic) bond motifs is 1. The van der Waals surface area contributed by atoms with Crippen molar-refractivity contribution in [3.63, 3.8) is 0 Å². The van der Waals surface area contributed by atoms with Crippen molar-refractivity contribution in [2.75, 3.05) is 5.73 Å². The molecule has 3 rings (SSSR count). The summed E-state index contributed by atoms with van der Waals surface area (Å²) in [5, 5.41) is 4.15. The molecule has 0 aliphatic heterocycles. The lowest BCUT2D eigenvalue weighted by molar-refractivity contribution is 0.761. The molecule has 0 atom stereocenters. The van der Waals surface area contributed by atoms with Crippen molar-refractivity contribution >= 4 is 32.9 Å². The summed E-state index contributed by atoms with van der Waals surface area (Å²) in [6.45, 7) is 2.44. The molecule has 0 aliphatic carbocycles. The fourth-order valence-electron chi connectivity index (χ4n) is 1.98. The number of nitrogen functional groups attached to an aromatic ring is 1. The van der Waals surface area contributed by atoms with Crippen LogP contribution in [0.2, 0.25) is 0 Å². The van der Waals surface area contributed by atoms with E-state index in [0.717, 1.165) is 11.2 Å². The number of nitrogens with two attached hydrogens (primary N) is 1. The van der Waals surface area contributed by atoms with Gasteiger partial charge in [0.05, 0.1) is 12.7 Å². The van der Waals surface area contributed by atoms with Gasteiger partial charge in [-0.25, -0.2) is 15.0 Å². The van der Waals surface area contributed by atoms with Crippen LogP contribution in [0.1, 0.15) is 11.4 Å². The molecule has 0 radical (unpaired) electrons. The van der Waals surface area contributed by atoms with Crippen molar-refractivity contribution in [1.29, 1.82) is 0 Å². The van der Waals surface area contributed by atoms with Gasteiger partial charge in [0.2, 0.25) is 0 Å². The van der Waals surface area contributed by atoms with E-state index >= 15 is 0 Å². The molecule has 0 aliphatic rings. The van der Waals surface area contributed by atoms with Gasteiger partial charge < -0.3 is 5.73 Å². The van der Waals surface area contributed by atoms with Gasteiger partial charge in [0, 0.05) is 18.8 Å². The van der Waals surface area contributed by atoms with Crippen molar-refractivity contribution < 1.29 is 0 Å². The first-order valence-corrected chi connectivity index (χ1v) is 6.47. The zero-order valence-corrected chi connectivity index (χ0v) is 12.1. The van der Waals surface area contributed by atoms with Crippen LogP contribution in [0.4, 0.5) is 5.82 Å². The summed E-state index contributed by atoms with van der Waals surface area (Å²) in [5.41, 5.74) is 8.27. The molecule has 0 fully saturated rings.